The fourth-order valence-corrected chi connectivity index (χ4v) is 2.66. The Labute approximate surface area is 145 Å². The lowest BCUT2D eigenvalue weighted by Crippen LogP contribution is -2.37. The number of rotatable bonds is 6. The van der Waals surface area contributed by atoms with Gasteiger partial charge in [0.2, 0.25) is 0 Å². The van der Waals surface area contributed by atoms with Gasteiger partial charge in [0.05, 0.1) is 11.8 Å². The summed E-state index contributed by atoms with van der Waals surface area (Å²) in [6.07, 6.45) is 1.07. The standard InChI is InChI=1S/C18H20ClNO4/c1-11-9-24-14(8-15(21)22)16(11)17(23)20-10-18(2,3)12-5-4-6-13(19)7-12/h4-7,9H,8,10H2,1-3H3,(H,20,23)(H,21,22). The molecule has 0 radical (unpaired) electrons. The topological polar surface area (TPSA) is 79.5 Å². The fourth-order valence-electron chi connectivity index (χ4n) is 2.47. The Hall–Kier alpha value is -2.27. The summed E-state index contributed by atoms with van der Waals surface area (Å²) >= 11 is 6.03. The monoisotopic (exact) mass is 349 g/mol. The Morgan fingerprint density at radius 1 is 1.33 bits per heavy atom. The first kappa shape index (κ1) is 18.1. The van der Waals surface area contributed by atoms with E-state index >= 15 is 0 Å². The summed E-state index contributed by atoms with van der Waals surface area (Å²) in [6, 6.07) is 7.49. The van der Waals surface area contributed by atoms with Gasteiger partial charge in [-0.3, -0.25) is 9.59 Å². The van der Waals surface area contributed by atoms with Crippen molar-refractivity contribution in [1.29, 1.82) is 0 Å². The first-order valence-electron chi connectivity index (χ1n) is 7.53. The van der Waals surface area contributed by atoms with Crippen LogP contribution in [0.2, 0.25) is 5.02 Å². The van der Waals surface area contributed by atoms with Crippen molar-refractivity contribution >= 4 is 23.5 Å². The molecule has 128 valence electrons. The number of carboxylic acids is 1. The van der Waals surface area contributed by atoms with Crippen LogP contribution in [0.15, 0.2) is 34.9 Å². The van der Waals surface area contributed by atoms with E-state index in [4.69, 9.17) is 21.1 Å². The molecule has 0 aliphatic carbocycles. The summed E-state index contributed by atoms with van der Waals surface area (Å²) in [5.74, 6) is -1.22. The Bertz CT molecular complexity index is 764. The summed E-state index contributed by atoms with van der Waals surface area (Å²) in [4.78, 5) is 23.4. The number of furan rings is 1. The van der Waals surface area contributed by atoms with Crippen molar-refractivity contribution in [2.45, 2.75) is 32.6 Å². The number of benzene rings is 1. The molecule has 0 unspecified atom stereocenters. The predicted molar refractivity (Wildman–Crippen MR) is 91.6 cm³/mol. The zero-order valence-corrected chi connectivity index (χ0v) is 14.6. The van der Waals surface area contributed by atoms with Crippen LogP contribution < -0.4 is 5.32 Å². The van der Waals surface area contributed by atoms with Crippen molar-refractivity contribution < 1.29 is 19.1 Å². The summed E-state index contributed by atoms with van der Waals surface area (Å²) in [5.41, 5.74) is 1.58. The highest BCUT2D eigenvalue weighted by atomic mass is 35.5. The molecule has 2 N–H and O–H groups in total. The quantitative estimate of drug-likeness (QED) is 0.835. The molecule has 0 aliphatic heterocycles. The molecule has 0 bridgehead atoms. The summed E-state index contributed by atoms with van der Waals surface area (Å²) in [5, 5.41) is 12.4. The van der Waals surface area contributed by atoms with Gasteiger partial charge in [-0.05, 0) is 24.6 Å². The molecule has 1 aromatic carbocycles. The van der Waals surface area contributed by atoms with Crippen LogP contribution in [0.25, 0.3) is 0 Å². The van der Waals surface area contributed by atoms with Gasteiger partial charge in [-0.1, -0.05) is 37.6 Å². The van der Waals surface area contributed by atoms with Gasteiger partial charge in [0.1, 0.15) is 12.2 Å². The van der Waals surface area contributed by atoms with Crippen molar-refractivity contribution in [1.82, 2.24) is 5.32 Å². The highest BCUT2D eigenvalue weighted by molar-refractivity contribution is 6.30. The van der Waals surface area contributed by atoms with Crippen LogP contribution in [-0.2, 0) is 16.6 Å². The number of aliphatic carboxylic acids is 1. The van der Waals surface area contributed by atoms with Gasteiger partial charge < -0.3 is 14.8 Å². The van der Waals surface area contributed by atoms with Crippen LogP contribution in [0.4, 0.5) is 0 Å². The lowest BCUT2D eigenvalue weighted by molar-refractivity contribution is -0.136. The van der Waals surface area contributed by atoms with E-state index in [2.05, 4.69) is 5.32 Å². The van der Waals surface area contributed by atoms with E-state index < -0.39 is 5.97 Å². The van der Waals surface area contributed by atoms with Crippen LogP contribution in [0.3, 0.4) is 0 Å². The highest BCUT2D eigenvalue weighted by Crippen LogP contribution is 2.25. The molecule has 24 heavy (non-hydrogen) atoms. The van der Waals surface area contributed by atoms with Crippen LogP contribution in [0.5, 0.6) is 0 Å². The second-order valence-corrected chi connectivity index (χ2v) is 6.80. The number of hydrogen-bond acceptors (Lipinski definition) is 3. The normalized spacial score (nSPS) is 11.3. The zero-order valence-electron chi connectivity index (χ0n) is 13.9. The van der Waals surface area contributed by atoms with Crippen LogP contribution in [0, 0.1) is 6.92 Å². The Morgan fingerprint density at radius 3 is 2.67 bits per heavy atom. The molecule has 2 rings (SSSR count). The second-order valence-electron chi connectivity index (χ2n) is 6.36. The molecule has 0 fully saturated rings. The van der Waals surface area contributed by atoms with Gasteiger partial charge in [0.25, 0.3) is 5.91 Å². The lowest BCUT2D eigenvalue weighted by Gasteiger charge is -2.26. The van der Waals surface area contributed by atoms with Crippen molar-refractivity contribution in [2.75, 3.05) is 6.54 Å². The van der Waals surface area contributed by atoms with E-state index in [0.29, 0.717) is 22.7 Å². The summed E-state index contributed by atoms with van der Waals surface area (Å²) in [6.45, 7) is 6.09. The Morgan fingerprint density at radius 2 is 2.04 bits per heavy atom. The average Bonchev–Trinajstić information content (AvgIpc) is 2.85. The molecule has 0 saturated carbocycles. The molecule has 0 aliphatic rings. The van der Waals surface area contributed by atoms with E-state index in [0.717, 1.165) is 5.56 Å². The molecular weight excluding hydrogens is 330 g/mol. The number of halogens is 1. The van der Waals surface area contributed by atoms with Gasteiger partial charge in [0, 0.05) is 22.5 Å². The van der Waals surface area contributed by atoms with Crippen molar-refractivity contribution in [3.8, 4) is 0 Å². The minimum Gasteiger partial charge on any atom is -0.481 e. The minimum absolute atomic E-state index is 0.165. The van der Waals surface area contributed by atoms with E-state index in [1.807, 2.05) is 32.0 Å². The number of nitrogens with one attached hydrogen (secondary N) is 1. The maximum absolute atomic E-state index is 12.5. The lowest BCUT2D eigenvalue weighted by atomic mass is 9.84. The number of carboxylic acid groups (broad SMARTS) is 1. The SMILES string of the molecule is Cc1coc(CC(=O)O)c1C(=O)NCC(C)(C)c1cccc(Cl)c1. The summed E-state index contributed by atoms with van der Waals surface area (Å²) in [7, 11) is 0. The Kier molecular flexibility index (Phi) is 5.34. The first-order valence-corrected chi connectivity index (χ1v) is 7.91. The minimum atomic E-state index is -1.04. The van der Waals surface area contributed by atoms with Gasteiger partial charge >= 0.3 is 5.97 Å². The van der Waals surface area contributed by atoms with Crippen LogP contribution in [0.1, 0.15) is 41.1 Å². The molecule has 5 nitrogen and oxygen atoms in total. The van der Waals surface area contributed by atoms with Gasteiger partial charge in [-0.25, -0.2) is 0 Å². The van der Waals surface area contributed by atoms with Crippen molar-refractivity contribution in [2.24, 2.45) is 0 Å². The largest absolute Gasteiger partial charge is 0.481 e. The smallest absolute Gasteiger partial charge is 0.311 e. The molecule has 1 heterocycles. The van der Waals surface area contributed by atoms with Crippen LogP contribution in [-0.4, -0.2) is 23.5 Å². The number of carbonyl (C=O) groups excluding carboxylic acids is 1. The molecule has 2 aromatic rings. The molecular formula is C18H20ClNO4. The van der Waals surface area contributed by atoms with Crippen LogP contribution >= 0.6 is 11.6 Å². The second kappa shape index (κ2) is 7.09. The zero-order chi connectivity index (χ0) is 17.9. The Balaban J connectivity index is 2.13. The molecule has 1 amide bonds. The fraction of sp³-hybridized carbons (Fsp3) is 0.333. The van der Waals surface area contributed by atoms with Gasteiger partial charge in [-0.2, -0.15) is 0 Å². The molecule has 0 spiro atoms. The third-order valence-corrected chi connectivity index (χ3v) is 4.12. The number of amides is 1. The molecule has 0 saturated heterocycles. The average molecular weight is 350 g/mol. The maximum atomic E-state index is 12.5. The highest BCUT2D eigenvalue weighted by Gasteiger charge is 2.25. The molecule has 0 atom stereocenters. The van der Waals surface area contributed by atoms with Crippen molar-refractivity contribution in [3.63, 3.8) is 0 Å². The van der Waals surface area contributed by atoms with E-state index in [1.54, 1.807) is 13.0 Å². The van der Waals surface area contributed by atoms with E-state index in [1.165, 1.54) is 6.26 Å². The third-order valence-electron chi connectivity index (χ3n) is 3.89. The molecule has 6 heteroatoms. The number of carbonyl (C=O) groups is 2. The number of hydrogen-bond donors (Lipinski definition) is 2. The van der Waals surface area contributed by atoms with Gasteiger partial charge in [0.15, 0.2) is 0 Å². The maximum Gasteiger partial charge on any atom is 0.311 e. The third kappa shape index (κ3) is 4.17. The van der Waals surface area contributed by atoms with E-state index in [-0.39, 0.29) is 23.5 Å². The predicted octanol–water partition coefficient (Wildman–Crippen LogP) is 3.58. The van der Waals surface area contributed by atoms with E-state index in [9.17, 15) is 9.59 Å². The first-order chi connectivity index (χ1) is 11.2. The van der Waals surface area contributed by atoms with Gasteiger partial charge in [-0.15, -0.1) is 0 Å². The summed E-state index contributed by atoms with van der Waals surface area (Å²) < 4.78 is 5.20. The molecule has 1 aromatic heterocycles. The number of aryl methyl sites for hydroxylation is 1. The van der Waals surface area contributed by atoms with Crippen molar-refractivity contribution in [3.05, 3.63) is 58.0 Å².